The minimum Gasteiger partial charge on any atom is -0.503 e. The molecule has 0 radical (unpaired) electrons. The first kappa shape index (κ1) is 20.2. The molecule has 1 amide bonds. The summed E-state index contributed by atoms with van der Waals surface area (Å²) >= 11 is 0. The maximum atomic E-state index is 13.2. The average molecular weight is 415 g/mol. The highest BCUT2D eigenvalue weighted by molar-refractivity contribution is 6.15. The van der Waals surface area contributed by atoms with Crippen LogP contribution in [0.5, 0.6) is 5.75 Å². The SMILES string of the molecule is C=CCOc1cccc(C2C(C(=O)c3ccco3)=C(O)C(=O)N2Cc2ccccc2)c1. The van der Waals surface area contributed by atoms with Crippen LogP contribution in [0.3, 0.4) is 0 Å². The van der Waals surface area contributed by atoms with Crippen LogP contribution in [0.25, 0.3) is 0 Å². The fourth-order valence-corrected chi connectivity index (χ4v) is 3.65. The van der Waals surface area contributed by atoms with E-state index in [1.54, 1.807) is 36.4 Å². The predicted octanol–water partition coefficient (Wildman–Crippen LogP) is 4.62. The Hall–Kier alpha value is -4.06. The first-order valence-electron chi connectivity index (χ1n) is 9.80. The number of rotatable bonds is 8. The molecular formula is C25H21NO5. The van der Waals surface area contributed by atoms with Crippen molar-refractivity contribution in [2.75, 3.05) is 6.61 Å². The first-order valence-corrected chi connectivity index (χ1v) is 9.80. The second kappa shape index (κ2) is 8.75. The van der Waals surface area contributed by atoms with Gasteiger partial charge in [-0.25, -0.2) is 0 Å². The number of amides is 1. The van der Waals surface area contributed by atoms with E-state index in [2.05, 4.69) is 6.58 Å². The van der Waals surface area contributed by atoms with Crippen molar-refractivity contribution in [1.82, 2.24) is 4.90 Å². The van der Waals surface area contributed by atoms with E-state index < -0.39 is 23.5 Å². The lowest BCUT2D eigenvalue weighted by Crippen LogP contribution is -2.30. The lowest BCUT2D eigenvalue weighted by molar-refractivity contribution is -0.130. The van der Waals surface area contributed by atoms with Crippen molar-refractivity contribution in [3.8, 4) is 5.75 Å². The Morgan fingerprint density at radius 1 is 1.13 bits per heavy atom. The van der Waals surface area contributed by atoms with E-state index in [1.807, 2.05) is 30.3 Å². The first-order chi connectivity index (χ1) is 15.1. The van der Waals surface area contributed by atoms with E-state index >= 15 is 0 Å². The van der Waals surface area contributed by atoms with Crippen molar-refractivity contribution in [2.24, 2.45) is 0 Å². The van der Waals surface area contributed by atoms with Crippen LogP contribution in [0.4, 0.5) is 0 Å². The molecule has 0 spiro atoms. The van der Waals surface area contributed by atoms with Crippen LogP contribution in [0.1, 0.15) is 27.7 Å². The van der Waals surface area contributed by atoms with Crippen molar-refractivity contribution in [3.05, 3.63) is 114 Å². The third-order valence-electron chi connectivity index (χ3n) is 5.03. The van der Waals surface area contributed by atoms with Crippen molar-refractivity contribution < 1.29 is 23.8 Å². The molecule has 1 aliphatic rings. The van der Waals surface area contributed by atoms with Gasteiger partial charge in [0.15, 0.2) is 11.5 Å². The molecule has 0 saturated carbocycles. The van der Waals surface area contributed by atoms with E-state index in [0.717, 1.165) is 5.56 Å². The largest absolute Gasteiger partial charge is 0.503 e. The molecule has 1 N–H and O–H groups in total. The number of benzene rings is 2. The van der Waals surface area contributed by atoms with Crippen LogP contribution < -0.4 is 4.74 Å². The minimum atomic E-state index is -0.794. The molecule has 6 heteroatoms. The fraction of sp³-hybridized carbons (Fsp3) is 0.120. The number of aliphatic hydroxyl groups excluding tert-OH is 1. The van der Waals surface area contributed by atoms with Gasteiger partial charge in [-0.2, -0.15) is 0 Å². The second-order valence-electron chi connectivity index (χ2n) is 7.06. The molecule has 3 aromatic rings. The Bertz CT molecular complexity index is 1130. The Balaban J connectivity index is 1.78. The van der Waals surface area contributed by atoms with Crippen molar-refractivity contribution in [2.45, 2.75) is 12.6 Å². The molecule has 1 unspecified atom stereocenters. The Morgan fingerprint density at radius 3 is 2.65 bits per heavy atom. The number of nitrogens with zero attached hydrogens (tertiary/aromatic N) is 1. The lowest BCUT2D eigenvalue weighted by Gasteiger charge is -2.27. The Labute approximate surface area is 179 Å². The standard InChI is InChI=1S/C25H21NO5/c1-2-13-30-19-11-6-10-18(15-19)22-21(23(27)20-12-7-14-31-20)24(28)25(29)26(22)16-17-8-4-3-5-9-17/h2-12,14-15,22,28H,1,13,16H2. The zero-order valence-electron chi connectivity index (χ0n) is 16.7. The molecule has 0 saturated heterocycles. The molecule has 0 aliphatic carbocycles. The third kappa shape index (κ3) is 4.00. The van der Waals surface area contributed by atoms with E-state index in [9.17, 15) is 14.7 Å². The predicted molar refractivity (Wildman–Crippen MR) is 115 cm³/mol. The molecule has 2 aromatic carbocycles. The summed E-state index contributed by atoms with van der Waals surface area (Å²) in [7, 11) is 0. The van der Waals surface area contributed by atoms with Gasteiger partial charge in [0, 0.05) is 6.54 Å². The van der Waals surface area contributed by atoms with Gasteiger partial charge in [0.05, 0.1) is 17.9 Å². The molecule has 0 fully saturated rings. The number of furan rings is 1. The quantitative estimate of drug-likeness (QED) is 0.429. The highest BCUT2D eigenvalue weighted by atomic mass is 16.5. The molecule has 2 heterocycles. The molecule has 0 bridgehead atoms. The number of aliphatic hydroxyl groups is 1. The average Bonchev–Trinajstić information content (AvgIpc) is 3.42. The molecule has 1 atom stereocenters. The normalized spacial score (nSPS) is 15.9. The van der Waals surface area contributed by atoms with Gasteiger partial charge in [-0.05, 0) is 35.4 Å². The van der Waals surface area contributed by atoms with E-state index in [1.165, 1.54) is 17.2 Å². The second-order valence-corrected chi connectivity index (χ2v) is 7.06. The number of Topliss-reactive ketones (excluding diaryl/α,β-unsaturated/α-hetero) is 1. The van der Waals surface area contributed by atoms with Gasteiger partial charge in [0.2, 0.25) is 5.78 Å². The number of ether oxygens (including phenoxy) is 1. The zero-order chi connectivity index (χ0) is 21.8. The van der Waals surface area contributed by atoms with Gasteiger partial charge in [-0.15, -0.1) is 0 Å². The zero-order valence-corrected chi connectivity index (χ0v) is 16.7. The molecule has 4 rings (SSSR count). The van der Waals surface area contributed by atoms with Crippen molar-refractivity contribution in [3.63, 3.8) is 0 Å². The summed E-state index contributed by atoms with van der Waals surface area (Å²) in [5, 5.41) is 10.7. The summed E-state index contributed by atoms with van der Waals surface area (Å²) in [4.78, 5) is 27.7. The van der Waals surface area contributed by atoms with Crippen LogP contribution in [0, 0.1) is 0 Å². The smallest absolute Gasteiger partial charge is 0.290 e. The molecule has 1 aliphatic heterocycles. The topological polar surface area (TPSA) is 80.0 Å². The van der Waals surface area contributed by atoms with Gasteiger partial charge < -0.3 is 19.2 Å². The highest BCUT2D eigenvalue weighted by Gasteiger charge is 2.44. The van der Waals surface area contributed by atoms with Gasteiger partial charge in [-0.1, -0.05) is 55.1 Å². The number of ketones is 1. The highest BCUT2D eigenvalue weighted by Crippen LogP contribution is 2.40. The van der Waals surface area contributed by atoms with Crippen LogP contribution in [0.2, 0.25) is 0 Å². The van der Waals surface area contributed by atoms with E-state index in [0.29, 0.717) is 17.9 Å². The number of hydrogen-bond acceptors (Lipinski definition) is 5. The number of carbonyl (C=O) groups is 2. The Kier molecular flexibility index (Phi) is 5.71. The van der Waals surface area contributed by atoms with Crippen molar-refractivity contribution in [1.29, 1.82) is 0 Å². The van der Waals surface area contributed by atoms with Crippen LogP contribution in [-0.4, -0.2) is 28.3 Å². The van der Waals surface area contributed by atoms with Crippen LogP contribution in [0.15, 0.2) is 101 Å². The molecule has 156 valence electrons. The van der Waals surface area contributed by atoms with E-state index in [-0.39, 0.29) is 17.9 Å². The Morgan fingerprint density at radius 2 is 1.94 bits per heavy atom. The summed E-state index contributed by atoms with van der Waals surface area (Å²) in [5.41, 5.74) is 1.50. The molecular weight excluding hydrogens is 394 g/mol. The van der Waals surface area contributed by atoms with Gasteiger partial charge >= 0.3 is 0 Å². The fourth-order valence-electron chi connectivity index (χ4n) is 3.65. The lowest BCUT2D eigenvalue weighted by atomic mass is 9.94. The number of carbonyl (C=O) groups excluding carboxylic acids is 2. The minimum absolute atomic E-state index is 0.0169. The monoisotopic (exact) mass is 415 g/mol. The van der Waals surface area contributed by atoms with Crippen LogP contribution in [-0.2, 0) is 11.3 Å². The number of hydrogen-bond donors (Lipinski definition) is 1. The van der Waals surface area contributed by atoms with Gasteiger partial charge in [-0.3, -0.25) is 9.59 Å². The summed E-state index contributed by atoms with van der Waals surface area (Å²) < 4.78 is 10.9. The molecule has 1 aromatic heterocycles. The van der Waals surface area contributed by atoms with Crippen molar-refractivity contribution >= 4 is 11.7 Å². The van der Waals surface area contributed by atoms with Gasteiger partial charge in [0.25, 0.3) is 5.91 Å². The molecule has 31 heavy (non-hydrogen) atoms. The summed E-state index contributed by atoms with van der Waals surface area (Å²) in [6, 6.07) is 18.8. The summed E-state index contributed by atoms with van der Waals surface area (Å²) in [6.07, 6.45) is 3.01. The summed E-state index contributed by atoms with van der Waals surface area (Å²) in [5.74, 6) is -1.09. The van der Waals surface area contributed by atoms with E-state index in [4.69, 9.17) is 9.15 Å². The maximum Gasteiger partial charge on any atom is 0.290 e. The van der Waals surface area contributed by atoms with Gasteiger partial charge in [0.1, 0.15) is 12.4 Å². The summed E-state index contributed by atoms with van der Waals surface area (Å²) in [6.45, 7) is 4.19. The van der Waals surface area contributed by atoms with Crippen LogP contribution >= 0.6 is 0 Å². The maximum absolute atomic E-state index is 13.2. The third-order valence-corrected chi connectivity index (χ3v) is 5.03. The molecule has 6 nitrogen and oxygen atoms in total.